The highest BCUT2D eigenvalue weighted by Crippen LogP contribution is 2.29. The van der Waals surface area contributed by atoms with Crippen molar-refractivity contribution in [1.29, 1.82) is 0 Å². The van der Waals surface area contributed by atoms with E-state index in [0.717, 1.165) is 29.0 Å². The number of methoxy groups -OCH3 is 1. The van der Waals surface area contributed by atoms with Crippen molar-refractivity contribution >= 4 is 11.8 Å². The van der Waals surface area contributed by atoms with E-state index in [9.17, 15) is 0 Å². The summed E-state index contributed by atoms with van der Waals surface area (Å²) >= 11 is 2.01. The van der Waals surface area contributed by atoms with Crippen LogP contribution in [-0.4, -0.2) is 29.6 Å². The van der Waals surface area contributed by atoms with Gasteiger partial charge in [0.15, 0.2) is 0 Å². The van der Waals surface area contributed by atoms with Gasteiger partial charge in [0.25, 0.3) is 0 Å². The molecule has 4 nitrogen and oxygen atoms in total. The largest absolute Gasteiger partial charge is 0.496 e. The molecule has 1 aliphatic rings. The zero-order valence-electron chi connectivity index (χ0n) is 11.9. The molecule has 0 spiro atoms. The molecule has 1 aliphatic heterocycles. The van der Waals surface area contributed by atoms with Crippen LogP contribution in [0.2, 0.25) is 0 Å². The molecule has 0 amide bonds. The number of nitrogens with zero attached hydrogens (tertiary/aromatic N) is 1. The van der Waals surface area contributed by atoms with Gasteiger partial charge in [-0.15, -0.1) is 0 Å². The Morgan fingerprint density at radius 3 is 2.95 bits per heavy atom. The van der Waals surface area contributed by atoms with Gasteiger partial charge in [0, 0.05) is 35.5 Å². The number of thioether (sulfide) groups is 1. The number of nitrogens with one attached hydrogen (secondary N) is 1. The summed E-state index contributed by atoms with van der Waals surface area (Å²) < 4.78 is 5.46. The van der Waals surface area contributed by atoms with E-state index in [-0.39, 0.29) is 0 Å². The lowest BCUT2D eigenvalue weighted by Gasteiger charge is -2.23. The fraction of sp³-hybridized carbons (Fsp3) is 0.643. The van der Waals surface area contributed by atoms with Gasteiger partial charge in [-0.3, -0.25) is 16.3 Å². The highest BCUT2D eigenvalue weighted by molar-refractivity contribution is 7.99. The summed E-state index contributed by atoms with van der Waals surface area (Å²) in [5.41, 5.74) is 6.28. The van der Waals surface area contributed by atoms with E-state index in [1.165, 1.54) is 17.9 Å². The van der Waals surface area contributed by atoms with Crippen LogP contribution in [0.25, 0.3) is 0 Å². The molecule has 1 saturated heterocycles. The van der Waals surface area contributed by atoms with Crippen LogP contribution in [0.4, 0.5) is 0 Å². The van der Waals surface area contributed by atoms with Crippen molar-refractivity contribution in [3.63, 3.8) is 0 Å². The maximum Gasteiger partial charge on any atom is 0.128 e. The Morgan fingerprint density at radius 1 is 1.58 bits per heavy atom. The summed E-state index contributed by atoms with van der Waals surface area (Å²) in [6.07, 6.45) is 3.99. The molecule has 2 unspecified atom stereocenters. The zero-order valence-corrected chi connectivity index (χ0v) is 12.7. The first-order chi connectivity index (χ1) is 9.17. The van der Waals surface area contributed by atoms with E-state index >= 15 is 0 Å². The molecule has 0 aliphatic carbocycles. The second-order valence-corrected chi connectivity index (χ2v) is 6.30. The molecule has 5 heteroatoms. The first kappa shape index (κ1) is 14.6. The maximum atomic E-state index is 5.73. The van der Waals surface area contributed by atoms with Crippen molar-refractivity contribution in [2.75, 3.05) is 18.6 Å². The Bertz CT molecular complexity index is 433. The Balaban J connectivity index is 2.17. The van der Waals surface area contributed by atoms with Crippen LogP contribution in [0.3, 0.4) is 0 Å². The molecule has 1 fully saturated rings. The van der Waals surface area contributed by atoms with Gasteiger partial charge in [-0.2, -0.15) is 11.8 Å². The summed E-state index contributed by atoms with van der Waals surface area (Å²) in [7, 11) is 1.71. The van der Waals surface area contributed by atoms with Crippen molar-refractivity contribution in [3.8, 4) is 5.75 Å². The van der Waals surface area contributed by atoms with E-state index < -0.39 is 0 Å². The lowest BCUT2D eigenvalue weighted by atomic mass is 9.93. The number of aromatic nitrogens is 1. The van der Waals surface area contributed by atoms with Crippen molar-refractivity contribution < 1.29 is 4.74 Å². The molecule has 0 bridgehead atoms. The molecule has 2 heterocycles. The summed E-state index contributed by atoms with van der Waals surface area (Å²) in [6.45, 7) is 4.10. The zero-order chi connectivity index (χ0) is 13.8. The van der Waals surface area contributed by atoms with Crippen LogP contribution >= 0.6 is 11.8 Å². The molecule has 0 saturated carbocycles. The van der Waals surface area contributed by atoms with Gasteiger partial charge in [-0.05, 0) is 37.7 Å². The van der Waals surface area contributed by atoms with Crippen LogP contribution in [0.1, 0.15) is 23.2 Å². The average Bonchev–Trinajstić information content (AvgIpc) is 2.92. The normalized spacial score (nSPS) is 20.5. The summed E-state index contributed by atoms with van der Waals surface area (Å²) in [6, 6.07) is 0.300. The number of pyridine rings is 1. The van der Waals surface area contributed by atoms with Crippen LogP contribution < -0.4 is 16.0 Å². The molecule has 1 aromatic heterocycles. The number of hydrogen-bond acceptors (Lipinski definition) is 5. The van der Waals surface area contributed by atoms with Crippen LogP contribution in [0.15, 0.2) is 6.20 Å². The van der Waals surface area contributed by atoms with Crippen LogP contribution in [0, 0.1) is 19.8 Å². The Kier molecular flexibility index (Phi) is 5.07. The molecule has 1 aromatic rings. The predicted molar refractivity (Wildman–Crippen MR) is 80.5 cm³/mol. The third-order valence-corrected chi connectivity index (χ3v) is 5.10. The number of rotatable bonds is 5. The number of ether oxygens (including phenoxy) is 1. The molecular formula is C14H23N3OS. The molecule has 2 atom stereocenters. The second-order valence-electron chi connectivity index (χ2n) is 5.15. The van der Waals surface area contributed by atoms with E-state index in [2.05, 4.69) is 17.3 Å². The van der Waals surface area contributed by atoms with E-state index in [4.69, 9.17) is 10.6 Å². The molecule has 0 radical (unpaired) electrons. The summed E-state index contributed by atoms with van der Waals surface area (Å²) in [5.74, 6) is 9.75. The molecule has 3 N–H and O–H groups in total. The standard InChI is InChI=1S/C14H23N3OS/c1-9-7-16-12(10(2)14(9)18-3)6-13(17-15)11-4-5-19-8-11/h7,11,13,17H,4-6,8,15H2,1-3H3. The van der Waals surface area contributed by atoms with Gasteiger partial charge in [0.2, 0.25) is 0 Å². The lowest BCUT2D eigenvalue weighted by Crippen LogP contribution is -2.42. The van der Waals surface area contributed by atoms with Gasteiger partial charge in [-0.1, -0.05) is 0 Å². The molecule has 106 valence electrons. The molecular weight excluding hydrogens is 258 g/mol. The number of nitrogens with two attached hydrogens (primary N) is 1. The second kappa shape index (κ2) is 6.59. The monoisotopic (exact) mass is 281 g/mol. The predicted octanol–water partition coefficient (Wildman–Crippen LogP) is 1.83. The van der Waals surface area contributed by atoms with Gasteiger partial charge in [-0.25, -0.2) is 0 Å². The van der Waals surface area contributed by atoms with Crippen molar-refractivity contribution in [2.24, 2.45) is 11.8 Å². The highest BCUT2D eigenvalue weighted by Gasteiger charge is 2.26. The summed E-state index contributed by atoms with van der Waals surface area (Å²) in [4.78, 5) is 4.56. The fourth-order valence-corrected chi connectivity index (χ4v) is 4.05. The summed E-state index contributed by atoms with van der Waals surface area (Å²) in [5, 5.41) is 0. The number of hydrogen-bond donors (Lipinski definition) is 2. The van der Waals surface area contributed by atoms with E-state index in [1.54, 1.807) is 7.11 Å². The van der Waals surface area contributed by atoms with Crippen LogP contribution in [0.5, 0.6) is 5.75 Å². The van der Waals surface area contributed by atoms with Crippen LogP contribution in [-0.2, 0) is 6.42 Å². The minimum Gasteiger partial charge on any atom is -0.496 e. The first-order valence-corrected chi connectivity index (χ1v) is 7.85. The Morgan fingerprint density at radius 2 is 2.37 bits per heavy atom. The number of hydrazine groups is 1. The lowest BCUT2D eigenvalue weighted by molar-refractivity contribution is 0.379. The molecule has 0 aromatic carbocycles. The minimum absolute atomic E-state index is 0.300. The van der Waals surface area contributed by atoms with Gasteiger partial charge in [0.05, 0.1) is 7.11 Å². The minimum atomic E-state index is 0.300. The van der Waals surface area contributed by atoms with Gasteiger partial charge < -0.3 is 4.74 Å². The topological polar surface area (TPSA) is 60.2 Å². The van der Waals surface area contributed by atoms with Crippen molar-refractivity contribution in [1.82, 2.24) is 10.4 Å². The first-order valence-electron chi connectivity index (χ1n) is 6.70. The maximum absolute atomic E-state index is 5.73. The fourth-order valence-electron chi connectivity index (χ4n) is 2.72. The third kappa shape index (κ3) is 3.22. The quantitative estimate of drug-likeness (QED) is 0.637. The van der Waals surface area contributed by atoms with E-state index in [1.807, 2.05) is 24.9 Å². The van der Waals surface area contributed by atoms with Gasteiger partial charge >= 0.3 is 0 Å². The molecule has 2 rings (SSSR count). The van der Waals surface area contributed by atoms with E-state index in [0.29, 0.717) is 12.0 Å². The molecule has 19 heavy (non-hydrogen) atoms. The third-order valence-electron chi connectivity index (χ3n) is 3.91. The van der Waals surface area contributed by atoms with Gasteiger partial charge in [0.1, 0.15) is 5.75 Å². The SMILES string of the molecule is COc1c(C)cnc(CC(NN)C2CCSC2)c1C. The smallest absolute Gasteiger partial charge is 0.128 e. The Hall–Kier alpha value is -0.780. The van der Waals surface area contributed by atoms with Crippen molar-refractivity contribution in [3.05, 3.63) is 23.0 Å². The van der Waals surface area contributed by atoms with Crippen molar-refractivity contribution in [2.45, 2.75) is 32.7 Å². The highest BCUT2D eigenvalue weighted by atomic mass is 32.2. The average molecular weight is 281 g/mol. The number of aryl methyl sites for hydroxylation is 1. The Labute approximate surface area is 119 Å².